The molecule has 0 saturated heterocycles. The molecule has 1 aromatic heterocycles. The van der Waals surface area contributed by atoms with Gasteiger partial charge in [0.15, 0.2) is 0 Å². The smallest absolute Gasteiger partial charge is 0.420 e. The maximum Gasteiger partial charge on any atom is 0.420 e. The van der Waals surface area contributed by atoms with Crippen LogP contribution in [0.5, 0.6) is 5.75 Å². The van der Waals surface area contributed by atoms with E-state index in [0.717, 1.165) is 11.0 Å². The van der Waals surface area contributed by atoms with Crippen LogP contribution in [-0.2, 0) is 22.2 Å². The summed E-state index contributed by atoms with van der Waals surface area (Å²) >= 11 is 0. The average molecular weight is 483 g/mol. The van der Waals surface area contributed by atoms with Gasteiger partial charge in [-0.25, -0.2) is 14.5 Å². The molecular formula is C23H28F3N3O5. The van der Waals surface area contributed by atoms with Crippen molar-refractivity contribution >= 4 is 12.2 Å². The van der Waals surface area contributed by atoms with Crippen molar-refractivity contribution in [3.05, 3.63) is 41.1 Å². The van der Waals surface area contributed by atoms with E-state index in [1.54, 1.807) is 41.5 Å². The first-order valence-electron chi connectivity index (χ1n) is 10.3. The number of phenolic OH excluding ortho intramolecular Hbond substituents is 1. The van der Waals surface area contributed by atoms with E-state index in [1.807, 2.05) is 0 Å². The van der Waals surface area contributed by atoms with Gasteiger partial charge in [-0.15, -0.1) is 0 Å². The average Bonchev–Trinajstić information content (AvgIpc) is 2.62. The molecule has 0 radical (unpaired) electrons. The largest absolute Gasteiger partial charge is 0.507 e. The van der Waals surface area contributed by atoms with Crippen LogP contribution in [-0.4, -0.2) is 43.6 Å². The Labute approximate surface area is 195 Å². The van der Waals surface area contributed by atoms with Crippen LogP contribution >= 0.6 is 0 Å². The van der Waals surface area contributed by atoms with Crippen molar-refractivity contribution in [1.29, 1.82) is 0 Å². The predicted molar refractivity (Wildman–Crippen MR) is 117 cm³/mol. The second-order valence-electron chi connectivity index (χ2n) is 9.64. The molecule has 186 valence electrons. The van der Waals surface area contributed by atoms with Crippen LogP contribution in [0.25, 0.3) is 11.3 Å². The number of phenols is 1. The van der Waals surface area contributed by atoms with E-state index in [2.05, 4.69) is 10.2 Å². The lowest BCUT2D eigenvalue weighted by atomic mass is 10.0. The lowest BCUT2D eigenvalue weighted by Crippen LogP contribution is -2.43. The number of aromatic nitrogens is 2. The first kappa shape index (κ1) is 26.9. The van der Waals surface area contributed by atoms with E-state index in [9.17, 15) is 27.9 Å². The molecule has 0 aliphatic heterocycles. The van der Waals surface area contributed by atoms with E-state index in [4.69, 9.17) is 9.47 Å². The van der Waals surface area contributed by atoms with Crippen LogP contribution in [0, 0.1) is 6.92 Å². The number of aryl methyl sites for hydroxylation is 1. The number of carbonyl (C=O) groups is 2. The van der Waals surface area contributed by atoms with Gasteiger partial charge in [-0.2, -0.15) is 23.4 Å². The summed E-state index contributed by atoms with van der Waals surface area (Å²) in [5.74, 6) is -0.599. The summed E-state index contributed by atoms with van der Waals surface area (Å²) < 4.78 is 49.5. The third-order valence-corrected chi connectivity index (χ3v) is 4.17. The Morgan fingerprint density at radius 3 is 1.85 bits per heavy atom. The number of benzene rings is 1. The summed E-state index contributed by atoms with van der Waals surface area (Å²) in [7, 11) is 0. The zero-order valence-electron chi connectivity index (χ0n) is 20.1. The fourth-order valence-corrected chi connectivity index (χ4v) is 2.84. The Kier molecular flexibility index (Phi) is 7.49. The fraction of sp³-hybridized carbons (Fsp3) is 0.478. The van der Waals surface area contributed by atoms with Crippen LogP contribution in [0.3, 0.4) is 0 Å². The van der Waals surface area contributed by atoms with E-state index in [0.29, 0.717) is 6.07 Å². The minimum Gasteiger partial charge on any atom is -0.507 e. The highest BCUT2D eigenvalue weighted by molar-refractivity contribution is 5.88. The maximum atomic E-state index is 13.0. The number of rotatable bonds is 3. The molecule has 11 heteroatoms. The second-order valence-corrected chi connectivity index (χ2v) is 9.64. The number of aromatic hydroxyl groups is 1. The van der Waals surface area contributed by atoms with Gasteiger partial charge in [0, 0.05) is 5.56 Å². The van der Waals surface area contributed by atoms with Crippen LogP contribution in [0.4, 0.5) is 22.8 Å². The quantitative estimate of drug-likeness (QED) is 0.584. The Morgan fingerprint density at radius 1 is 0.941 bits per heavy atom. The third-order valence-electron chi connectivity index (χ3n) is 4.17. The number of imide groups is 1. The van der Waals surface area contributed by atoms with E-state index >= 15 is 0 Å². The highest BCUT2D eigenvalue weighted by atomic mass is 19.4. The summed E-state index contributed by atoms with van der Waals surface area (Å²) in [5.41, 5.74) is -2.18. The van der Waals surface area contributed by atoms with Crippen LogP contribution in [0.15, 0.2) is 24.3 Å². The van der Waals surface area contributed by atoms with Crippen LogP contribution < -0.4 is 0 Å². The number of halogens is 3. The monoisotopic (exact) mass is 483 g/mol. The SMILES string of the molecule is Cc1cc(C(F)(F)F)cc(O)c1-c1ccc(CN(C(=O)OC(C)(C)C)C(=O)OC(C)(C)C)nn1. The minimum absolute atomic E-state index is 0.0863. The molecule has 0 saturated carbocycles. The molecule has 2 aromatic rings. The van der Waals surface area contributed by atoms with E-state index in [1.165, 1.54) is 19.1 Å². The van der Waals surface area contributed by atoms with Gasteiger partial charge in [0.25, 0.3) is 0 Å². The molecule has 0 aliphatic rings. The molecule has 0 aliphatic carbocycles. The highest BCUT2D eigenvalue weighted by Crippen LogP contribution is 2.38. The topological polar surface area (TPSA) is 102 Å². The van der Waals surface area contributed by atoms with Gasteiger partial charge >= 0.3 is 18.4 Å². The van der Waals surface area contributed by atoms with Crippen molar-refractivity contribution in [2.24, 2.45) is 0 Å². The molecule has 34 heavy (non-hydrogen) atoms. The number of hydrogen-bond donors (Lipinski definition) is 1. The van der Waals surface area contributed by atoms with E-state index in [-0.39, 0.29) is 29.1 Å². The molecule has 0 fully saturated rings. The van der Waals surface area contributed by atoms with Crippen molar-refractivity contribution < 1.29 is 37.3 Å². The maximum absolute atomic E-state index is 13.0. The number of hydrogen-bond acceptors (Lipinski definition) is 7. The molecule has 1 N–H and O–H groups in total. The molecule has 2 amide bonds. The lowest BCUT2D eigenvalue weighted by molar-refractivity contribution is -0.137. The van der Waals surface area contributed by atoms with Gasteiger partial charge in [0.2, 0.25) is 0 Å². The van der Waals surface area contributed by atoms with Crippen molar-refractivity contribution in [2.75, 3.05) is 0 Å². The van der Waals surface area contributed by atoms with Crippen LogP contribution in [0.1, 0.15) is 58.4 Å². The fourth-order valence-electron chi connectivity index (χ4n) is 2.84. The van der Waals surface area contributed by atoms with Gasteiger partial charge in [0.1, 0.15) is 17.0 Å². The Bertz CT molecular complexity index is 1000. The molecule has 1 heterocycles. The zero-order valence-corrected chi connectivity index (χ0v) is 20.1. The number of ether oxygens (including phenoxy) is 2. The first-order valence-corrected chi connectivity index (χ1v) is 10.3. The van der Waals surface area contributed by atoms with Gasteiger partial charge in [-0.05, 0) is 78.3 Å². The Hall–Kier alpha value is -3.37. The van der Waals surface area contributed by atoms with Gasteiger partial charge in [-0.3, -0.25) is 0 Å². The molecule has 8 nitrogen and oxygen atoms in total. The molecule has 0 atom stereocenters. The van der Waals surface area contributed by atoms with Gasteiger partial charge < -0.3 is 14.6 Å². The molecule has 0 bridgehead atoms. The molecule has 0 unspecified atom stereocenters. The van der Waals surface area contributed by atoms with E-state index < -0.39 is 40.9 Å². The van der Waals surface area contributed by atoms with Crippen molar-refractivity contribution in [2.45, 2.75) is 72.4 Å². The standard InChI is InChI=1S/C23H28F3N3O5/c1-13-10-14(23(24,25)26)11-17(30)18(13)16-9-8-15(27-28-16)12-29(19(31)33-21(2,3)4)20(32)34-22(5,6)7/h8-11,30H,12H2,1-7H3. The highest BCUT2D eigenvalue weighted by Gasteiger charge is 2.33. The summed E-state index contributed by atoms with van der Waals surface area (Å²) in [6.07, 6.45) is -6.49. The van der Waals surface area contributed by atoms with Gasteiger partial charge in [-0.1, -0.05) is 0 Å². The minimum atomic E-state index is -4.61. The molecule has 1 aromatic carbocycles. The summed E-state index contributed by atoms with van der Waals surface area (Å²) in [4.78, 5) is 26.0. The summed E-state index contributed by atoms with van der Waals surface area (Å²) in [6, 6.07) is 4.36. The summed E-state index contributed by atoms with van der Waals surface area (Å²) in [6.45, 7) is 11.0. The first-order chi connectivity index (χ1) is 15.4. The normalized spacial score (nSPS) is 12.3. The lowest BCUT2D eigenvalue weighted by Gasteiger charge is -2.28. The molecule has 0 spiro atoms. The zero-order chi connectivity index (χ0) is 26.1. The number of carbonyl (C=O) groups excluding carboxylic acids is 2. The Balaban J connectivity index is 2.34. The van der Waals surface area contributed by atoms with Crippen molar-refractivity contribution in [1.82, 2.24) is 15.1 Å². The Morgan fingerprint density at radius 2 is 1.47 bits per heavy atom. The number of alkyl halides is 3. The molecular weight excluding hydrogens is 455 g/mol. The van der Waals surface area contributed by atoms with Gasteiger partial charge in [0.05, 0.1) is 23.5 Å². The van der Waals surface area contributed by atoms with Crippen LogP contribution in [0.2, 0.25) is 0 Å². The number of amides is 2. The third kappa shape index (κ3) is 7.32. The number of nitrogens with zero attached hydrogens (tertiary/aromatic N) is 3. The second kappa shape index (κ2) is 9.47. The van der Waals surface area contributed by atoms with Crippen molar-refractivity contribution in [3.8, 4) is 17.0 Å². The summed E-state index contributed by atoms with van der Waals surface area (Å²) in [5, 5.41) is 18.1. The van der Waals surface area contributed by atoms with Crippen molar-refractivity contribution in [3.63, 3.8) is 0 Å². The predicted octanol–water partition coefficient (Wildman–Crippen LogP) is 5.85. The molecule has 2 rings (SSSR count).